The molecule has 63 heavy (non-hydrogen) atoms. The minimum absolute atomic E-state index is 0.833. The van der Waals surface area contributed by atoms with Crippen molar-refractivity contribution >= 4 is 0 Å². The summed E-state index contributed by atoms with van der Waals surface area (Å²) in [6, 6.07) is 0. The van der Waals surface area contributed by atoms with Gasteiger partial charge < -0.3 is 10.1 Å². The molecular weight excluding hydrogens is 763 g/mol. The molecule has 1 N–H and O–H groups in total. The van der Waals surface area contributed by atoms with Crippen LogP contribution in [0.25, 0.3) is 0 Å². The number of hydrogen-bond donors (Lipinski definition) is 1. The third-order valence-electron chi connectivity index (χ3n) is 6.10. The topological polar surface area (TPSA) is 21.3 Å². The number of nitrogens with one attached hydrogen (secondary N) is 1. The molecule has 0 aromatic carbocycles. The van der Waals surface area contributed by atoms with Crippen LogP contribution in [-0.2, 0) is 4.74 Å². The zero-order valence-corrected chi connectivity index (χ0v) is 53.2. The Morgan fingerprint density at radius 3 is 0.476 bits per heavy atom. The standard InChI is InChI=1S/2C6H12.C5H10.C4H9N.C4H8O.4C4H10.10C2H6/c1-5(2)6-3-4-6;1-2-4-6-5-3-1;3*1-2-4-5-3-1;4*1-4(2)3;10*1-2/h5-6H,3-4H2,1-2H3;1-6H2;1-5H2;5H,1-4H2;1-4H2;4*4H,1-3H3;10*1-2H3. The van der Waals surface area contributed by atoms with Crippen LogP contribution in [0.1, 0.15) is 345 Å². The lowest BCUT2D eigenvalue weighted by Gasteiger charge is -2.05. The first-order valence-corrected chi connectivity index (χ1v) is 29.5. The van der Waals surface area contributed by atoms with Gasteiger partial charge in [0, 0.05) is 13.2 Å². The second-order valence-corrected chi connectivity index (χ2v) is 16.2. The molecule has 2 nitrogen and oxygen atoms in total. The van der Waals surface area contributed by atoms with E-state index >= 15 is 0 Å². The Labute approximate surface area is 414 Å². The van der Waals surface area contributed by atoms with Crippen LogP contribution in [0.5, 0.6) is 0 Å². The van der Waals surface area contributed by atoms with Gasteiger partial charge in [0.2, 0.25) is 0 Å². The van der Waals surface area contributed by atoms with E-state index < -0.39 is 0 Å². The lowest BCUT2D eigenvalue weighted by molar-refractivity contribution is 0.198. The summed E-state index contributed by atoms with van der Waals surface area (Å²) in [7, 11) is 0. The van der Waals surface area contributed by atoms with Gasteiger partial charge in [-0.05, 0) is 87.1 Å². The fourth-order valence-corrected chi connectivity index (χ4v) is 3.84. The van der Waals surface area contributed by atoms with Crippen molar-refractivity contribution < 1.29 is 4.74 Å². The smallest absolute Gasteiger partial charge is 0.0466 e. The normalized spacial score (nSPS) is 13.4. The Bertz CT molecular complexity index is 331. The summed E-state index contributed by atoms with van der Waals surface area (Å²) in [5.74, 6) is 5.40. The van der Waals surface area contributed by atoms with E-state index in [-0.39, 0.29) is 0 Å². The molecule has 0 spiro atoms. The second kappa shape index (κ2) is 137. The first-order valence-electron chi connectivity index (χ1n) is 29.5. The molecule has 0 bridgehead atoms. The van der Waals surface area contributed by atoms with E-state index in [4.69, 9.17) is 4.74 Å². The number of ether oxygens (including phenoxy) is 1. The quantitative estimate of drug-likeness (QED) is 0.283. The Morgan fingerprint density at radius 2 is 0.429 bits per heavy atom. The van der Waals surface area contributed by atoms with E-state index in [1.165, 1.54) is 122 Å². The van der Waals surface area contributed by atoms with Gasteiger partial charge in [-0.1, -0.05) is 306 Å². The summed E-state index contributed by atoms with van der Waals surface area (Å²) in [5, 5.41) is 3.22. The zero-order chi connectivity index (χ0) is 53.7. The molecule has 2 heteroatoms. The maximum absolute atomic E-state index is 4.94. The van der Waals surface area contributed by atoms with Crippen molar-refractivity contribution in [3.8, 4) is 0 Å². The maximum Gasteiger partial charge on any atom is 0.0466 e. The molecule has 5 fully saturated rings. The first-order chi connectivity index (χ1) is 30.2. The highest BCUT2D eigenvalue weighted by Crippen LogP contribution is 2.35. The van der Waals surface area contributed by atoms with Gasteiger partial charge in [0.05, 0.1) is 0 Å². The molecule has 0 aromatic heterocycles. The molecule has 406 valence electrons. The molecule has 5 aliphatic rings. The van der Waals surface area contributed by atoms with Gasteiger partial charge in [-0.3, -0.25) is 0 Å². The van der Waals surface area contributed by atoms with Crippen molar-refractivity contribution in [1.82, 2.24) is 5.32 Å². The summed E-state index contributed by atoms with van der Waals surface area (Å²) in [6.07, 6.45) is 24.8. The number of rotatable bonds is 1. The SMILES string of the molecule is C1CCCC1.C1CCCCC1.C1CCNC1.C1CCOC1.CC.CC.CC.CC.CC.CC.CC.CC.CC.CC.CC(C)C.CC(C)C.CC(C)C.CC(C)C.CC(C)C1CC1. The molecule has 5 rings (SSSR count). The summed E-state index contributed by atoms with van der Waals surface area (Å²) in [5.41, 5.74) is 0. The second-order valence-electron chi connectivity index (χ2n) is 16.2. The van der Waals surface area contributed by atoms with E-state index in [0.29, 0.717) is 0 Å². The molecule has 0 unspecified atom stereocenters. The van der Waals surface area contributed by atoms with Gasteiger partial charge in [0.25, 0.3) is 0 Å². The largest absolute Gasteiger partial charge is 0.381 e. The first kappa shape index (κ1) is 101. The van der Waals surface area contributed by atoms with Gasteiger partial charge in [-0.25, -0.2) is 0 Å². The predicted octanol–water partition coefficient (Wildman–Crippen LogP) is 24.4. The Kier molecular flexibility index (Phi) is 220. The van der Waals surface area contributed by atoms with Crippen LogP contribution in [0.4, 0.5) is 0 Å². The monoisotopic (exact) mass is 914 g/mol. The summed E-state index contributed by atoms with van der Waals surface area (Å²) in [4.78, 5) is 0. The van der Waals surface area contributed by atoms with Crippen LogP contribution >= 0.6 is 0 Å². The predicted molar refractivity (Wildman–Crippen MR) is 316 cm³/mol. The highest BCUT2D eigenvalue weighted by atomic mass is 16.5. The zero-order valence-electron chi connectivity index (χ0n) is 53.2. The minimum Gasteiger partial charge on any atom is -0.381 e. The molecule has 3 aliphatic carbocycles. The fourth-order valence-electron chi connectivity index (χ4n) is 3.84. The lowest BCUT2D eigenvalue weighted by atomic mass is 10.0. The van der Waals surface area contributed by atoms with Crippen LogP contribution in [0.3, 0.4) is 0 Å². The van der Waals surface area contributed by atoms with Crippen molar-refractivity contribution in [2.24, 2.45) is 35.5 Å². The number of hydrogen-bond acceptors (Lipinski definition) is 2. The Morgan fingerprint density at radius 1 is 0.270 bits per heavy atom. The van der Waals surface area contributed by atoms with Gasteiger partial charge in [0.15, 0.2) is 0 Å². The van der Waals surface area contributed by atoms with E-state index in [1.807, 2.05) is 138 Å². The van der Waals surface area contributed by atoms with Crippen molar-refractivity contribution in [1.29, 1.82) is 0 Å². The summed E-state index contributed by atoms with van der Waals surface area (Å²) >= 11 is 0. The molecule has 2 saturated heterocycles. The van der Waals surface area contributed by atoms with E-state index in [2.05, 4.69) is 102 Å². The molecule has 0 aromatic rings. The van der Waals surface area contributed by atoms with Crippen molar-refractivity contribution in [3.05, 3.63) is 0 Å². The Balaban J connectivity index is -0.0000000342. The maximum atomic E-state index is 4.94. The van der Waals surface area contributed by atoms with Crippen LogP contribution in [0.15, 0.2) is 0 Å². The lowest BCUT2D eigenvalue weighted by Crippen LogP contribution is -2.03. The average molecular weight is 915 g/mol. The molecule has 2 aliphatic heterocycles. The molecule has 0 radical (unpaired) electrons. The van der Waals surface area contributed by atoms with Crippen LogP contribution in [0.2, 0.25) is 0 Å². The van der Waals surface area contributed by atoms with Gasteiger partial charge in [0.1, 0.15) is 0 Å². The fraction of sp³-hybridized carbons (Fsp3) is 1.00. The molecule has 0 atom stereocenters. The highest BCUT2D eigenvalue weighted by molar-refractivity contribution is 4.75. The van der Waals surface area contributed by atoms with Crippen molar-refractivity contribution in [2.45, 2.75) is 345 Å². The molecule has 2 heterocycles. The average Bonchev–Trinajstić information content (AvgIpc) is 3.83. The van der Waals surface area contributed by atoms with Crippen LogP contribution in [-0.4, -0.2) is 26.3 Å². The van der Waals surface area contributed by atoms with E-state index in [0.717, 1.165) is 48.7 Å². The molecular formula is C61H151NO. The minimum atomic E-state index is 0.833. The van der Waals surface area contributed by atoms with Crippen LogP contribution in [0, 0.1) is 35.5 Å². The van der Waals surface area contributed by atoms with E-state index in [1.54, 1.807) is 0 Å². The van der Waals surface area contributed by atoms with Crippen molar-refractivity contribution in [2.75, 3.05) is 26.3 Å². The van der Waals surface area contributed by atoms with E-state index in [9.17, 15) is 0 Å². The highest BCUT2D eigenvalue weighted by Gasteiger charge is 2.23. The summed E-state index contributed by atoms with van der Waals surface area (Å²) < 4.78 is 4.94. The molecule has 0 amide bonds. The van der Waals surface area contributed by atoms with Gasteiger partial charge in [-0.2, -0.15) is 0 Å². The Hall–Kier alpha value is -0.0800. The molecule has 3 saturated carbocycles. The van der Waals surface area contributed by atoms with Gasteiger partial charge in [-0.15, -0.1) is 0 Å². The third-order valence-corrected chi connectivity index (χ3v) is 6.10. The van der Waals surface area contributed by atoms with Crippen molar-refractivity contribution in [3.63, 3.8) is 0 Å². The van der Waals surface area contributed by atoms with Crippen LogP contribution < -0.4 is 5.32 Å². The van der Waals surface area contributed by atoms with Gasteiger partial charge >= 0.3 is 0 Å². The summed E-state index contributed by atoms with van der Waals surface area (Å²) in [6.45, 7) is 75.1. The third kappa shape index (κ3) is 285.